The maximum Gasteiger partial charge on any atom is 0.280 e. The molecular weight excluding hydrogens is 448 g/mol. The van der Waals surface area contributed by atoms with Gasteiger partial charge in [0.05, 0.1) is 24.9 Å². The van der Waals surface area contributed by atoms with Gasteiger partial charge in [-0.05, 0) is 77.7 Å². The molecule has 2 rings (SSSR count). The minimum atomic E-state index is -0.728. The lowest BCUT2D eigenvalue weighted by atomic mass is 10.1. The molecule has 0 aliphatic rings. The van der Waals surface area contributed by atoms with Crippen LogP contribution in [0.2, 0.25) is 5.02 Å². The summed E-state index contributed by atoms with van der Waals surface area (Å²) in [6, 6.07) is 7.14. The third-order valence-electron chi connectivity index (χ3n) is 3.94. The van der Waals surface area contributed by atoms with Crippen LogP contribution >= 0.6 is 27.5 Å². The normalized spacial score (nSPS) is 12.0. The number of nitrogens with one attached hydrogen (secondary N) is 1. The van der Waals surface area contributed by atoms with Gasteiger partial charge >= 0.3 is 0 Å². The number of ether oxygens (including phenoxy) is 3. The minimum absolute atomic E-state index is 0.374. The first-order valence-corrected chi connectivity index (χ1v) is 9.61. The van der Waals surface area contributed by atoms with E-state index in [1.807, 2.05) is 13.8 Å². The van der Waals surface area contributed by atoms with Crippen molar-refractivity contribution in [3.05, 3.63) is 50.5 Å². The summed E-state index contributed by atoms with van der Waals surface area (Å²) in [5.41, 5.74) is 4.97. The average Bonchev–Trinajstić information content (AvgIpc) is 2.65. The number of hydrazone groups is 1. The van der Waals surface area contributed by atoms with E-state index < -0.39 is 6.10 Å². The molecule has 150 valence electrons. The number of hydrogen-bond donors (Lipinski definition) is 1. The molecule has 0 saturated heterocycles. The fraction of sp³-hybridized carbons (Fsp3) is 0.300. The van der Waals surface area contributed by atoms with Gasteiger partial charge in [0.15, 0.2) is 17.6 Å². The molecule has 0 fully saturated rings. The number of carbonyl (C=O) groups excluding carboxylic acids is 1. The molecule has 0 heterocycles. The van der Waals surface area contributed by atoms with Crippen LogP contribution in [0.3, 0.4) is 0 Å². The quantitative estimate of drug-likeness (QED) is 0.473. The van der Waals surface area contributed by atoms with E-state index in [0.29, 0.717) is 26.7 Å². The number of benzene rings is 2. The second-order valence-electron chi connectivity index (χ2n) is 6.10. The molecule has 6 nitrogen and oxygen atoms in total. The Morgan fingerprint density at radius 2 is 1.82 bits per heavy atom. The Labute approximate surface area is 177 Å². The Balaban J connectivity index is 2.02. The summed E-state index contributed by atoms with van der Waals surface area (Å²) >= 11 is 9.57. The summed E-state index contributed by atoms with van der Waals surface area (Å²) in [5.74, 6) is 1.34. The van der Waals surface area contributed by atoms with Gasteiger partial charge in [-0.1, -0.05) is 11.6 Å². The standard InChI is InChI=1S/C20H22BrClN2O4/c1-11-6-15(7-12(2)18(11)22)28-13(3)20(25)24-23-10-14-8-16(21)19(27-5)17(9-14)26-4/h6-10,13H,1-5H3,(H,24,25)/b23-10+. The third-order valence-corrected chi connectivity index (χ3v) is 5.12. The van der Waals surface area contributed by atoms with Crippen LogP contribution in [0.15, 0.2) is 33.8 Å². The van der Waals surface area contributed by atoms with E-state index in [-0.39, 0.29) is 5.91 Å². The number of carbonyl (C=O) groups is 1. The number of hydrogen-bond acceptors (Lipinski definition) is 5. The van der Waals surface area contributed by atoms with Crippen LogP contribution in [0.25, 0.3) is 0 Å². The number of rotatable bonds is 7. The van der Waals surface area contributed by atoms with Crippen molar-refractivity contribution in [3.8, 4) is 17.2 Å². The van der Waals surface area contributed by atoms with Gasteiger partial charge in [-0.15, -0.1) is 0 Å². The van der Waals surface area contributed by atoms with Gasteiger partial charge in [0.1, 0.15) is 5.75 Å². The van der Waals surface area contributed by atoms with Crippen molar-refractivity contribution in [1.82, 2.24) is 5.43 Å². The summed E-state index contributed by atoms with van der Waals surface area (Å²) < 4.78 is 17.0. The number of aryl methyl sites for hydroxylation is 2. The van der Waals surface area contributed by atoms with E-state index >= 15 is 0 Å². The highest BCUT2D eigenvalue weighted by molar-refractivity contribution is 9.10. The van der Waals surface area contributed by atoms with Crippen LogP contribution in [-0.2, 0) is 4.79 Å². The van der Waals surface area contributed by atoms with Crippen molar-refractivity contribution in [1.29, 1.82) is 0 Å². The predicted octanol–water partition coefficient (Wildman–Crippen LogP) is 4.65. The first-order valence-electron chi connectivity index (χ1n) is 8.44. The molecule has 2 aromatic rings. The highest BCUT2D eigenvalue weighted by Gasteiger charge is 2.15. The summed E-state index contributed by atoms with van der Waals surface area (Å²) in [4.78, 5) is 12.2. The number of nitrogens with zero attached hydrogens (tertiary/aromatic N) is 1. The van der Waals surface area contributed by atoms with Crippen LogP contribution in [0, 0.1) is 13.8 Å². The predicted molar refractivity (Wildman–Crippen MR) is 114 cm³/mol. The van der Waals surface area contributed by atoms with Crippen molar-refractivity contribution in [3.63, 3.8) is 0 Å². The molecule has 1 N–H and O–H groups in total. The zero-order chi connectivity index (χ0) is 20.8. The van der Waals surface area contributed by atoms with Gasteiger partial charge in [0, 0.05) is 5.02 Å². The van der Waals surface area contributed by atoms with Gasteiger partial charge in [-0.2, -0.15) is 5.10 Å². The van der Waals surface area contributed by atoms with Crippen molar-refractivity contribution >= 4 is 39.7 Å². The third kappa shape index (κ3) is 5.39. The highest BCUT2D eigenvalue weighted by Crippen LogP contribution is 2.35. The molecule has 0 spiro atoms. The van der Waals surface area contributed by atoms with Crippen molar-refractivity contribution in [2.24, 2.45) is 5.10 Å². The molecule has 0 bridgehead atoms. The Bertz CT molecular complexity index is 879. The number of amides is 1. The van der Waals surface area contributed by atoms with Crippen molar-refractivity contribution in [2.45, 2.75) is 26.9 Å². The topological polar surface area (TPSA) is 69.2 Å². The molecule has 2 aromatic carbocycles. The number of methoxy groups -OCH3 is 2. The molecule has 0 aromatic heterocycles. The SMILES string of the molecule is COc1cc(/C=N/NC(=O)C(C)Oc2cc(C)c(Cl)c(C)c2)cc(Br)c1OC. The van der Waals surface area contributed by atoms with Crippen LogP contribution in [-0.4, -0.2) is 32.4 Å². The Kier molecular flexibility index (Phi) is 7.71. The first-order chi connectivity index (χ1) is 13.3. The molecule has 0 aliphatic carbocycles. The second kappa shape index (κ2) is 9.80. The summed E-state index contributed by atoms with van der Waals surface area (Å²) in [5, 5.41) is 4.67. The molecule has 0 aliphatic heterocycles. The van der Waals surface area contributed by atoms with Gasteiger partial charge in [-0.25, -0.2) is 5.43 Å². The first kappa shape index (κ1) is 22.0. The van der Waals surface area contributed by atoms with E-state index in [4.69, 9.17) is 25.8 Å². The van der Waals surface area contributed by atoms with Crippen LogP contribution in [0.1, 0.15) is 23.6 Å². The van der Waals surface area contributed by atoms with Gasteiger partial charge < -0.3 is 14.2 Å². The minimum Gasteiger partial charge on any atom is -0.493 e. The molecule has 1 atom stereocenters. The molecule has 0 saturated carbocycles. The van der Waals surface area contributed by atoms with Crippen molar-refractivity contribution < 1.29 is 19.0 Å². The van der Waals surface area contributed by atoms with E-state index in [1.54, 1.807) is 45.4 Å². The summed E-state index contributed by atoms with van der Waals surface area (Å²) in [7, 11) is 3.11. The Morgan fingerprint density at radius 1 is 1.18 bits per heavy atom. The van der Waals surface area contributed by atoms with Crippen LogP contribution in [0.5, 0.6) is 17.2 Å². The Hall–Kier alpha value is -2.25. The van der Waals surface area contributed by atoms with E-state index in [2.05, 4.69) is 26.5 Å². The fourth-order valence-electron chi connectivity index (χ4n) is 2.51. The van der Waals surface area contributed by atoms with E-state index in [1.165, 1.54) is 6.21 Å². The maximum absolute atomic E-state index is 12.2. The van der Waals surface area contributed by atoms with Crippen LogP contribution < -0.4 is 19.6 Å². The molecule has 0 radical (unpaired) electrons. The van der Waals surface area contributed by atoms with E-state index in [0.717, 1.165) is 16.7 Å². The van der Waals surface area contributed by atoms with Crippen LogP contribution in [0.4, 0.5) is 0 Å². The van der Waals surface area contributed by atoms with Gasteiger partial charge in [0.25, 0.3) is 5.91 Å². The lowest BCUT2D eigenvalue weighted by Gasteiger charge is -2.15. The lowest BCUT2D eigenvalue weighted by Crippen LogP contribution is -2.33. The monoisotopic (exact) mass is 468 g/mol. The highest BCUT2D eigenvalue weighted by atomic mass is 79.9. The number of halogens is 2. The zero-order valence-electron chi connectivity index (χ0n) is 16.3. The van der Waals surface area contributed by atoms with E-state index in [9.17, 15) is 4.79 Å². The average molecular weight is 470 g/mol. The molecule has 1 unspecified atom stereocenters. The van der Waals surface area contributed by atoms with Gasteiger partial charge in [-0.3, -0.25) is 4.79 Å². The fourth-order valence-corrected chi connectivity index (χ4v) is 3.24. The smallest absolute Gasteiger partial charge is 0.280 e. The molecule has 28 heavy (non-hydrogen) atoms. The van der Waals surface area contributed by atoms with Crippen molar-refractivity contribution in [2.75, 3.05) is 14.2 Å². The molecule has 8 heteroatoms. The lowest BCUT2D eigenvalue weighted by molar-refractivity contribution is -0.127. The molecular formula is C20H22BrClN2O4. The largest absolute Gasteiger partial charge is 0.493 e. The molecule has 1 amide bonds. The summed E-state index contributed by atoms with van der Waals surface area (Å²) in [6.07, 6.45) is 0.780. The second-order valence-corrected chi connectivity index (χ2v) is 7.34. The maximum atomic E-state index is 12.2. The van der Waals surface area contributed by atoms with Gasteiger partial charge in [0.2, 0.25) is 0 Å². The Morgan fingerprint density at radius 3 is 2.39 bits per heavy atom. The summed E-state index contributed by atoms with van der Waals surface area (Å²) in [6.45, 7) is 5.42. The zero-order valence-corrected chi connectivity index (χ0v) is 18.6.